The van der Waals surface area contributed by atoms with Crippen LogP contribution in [0, 0.1) is 20.8 Å². The van der Waals surface area contributed by atoms with Crippen LogP contribution in [0.15, 0.2) is 53.4 Å². The lowest BCUT2D eigenvalue weighted by Crippen LogP contribution is -2.34. The van der Waals surface area contributed by atoms with Gasteiger partial charge in [-0.1, -0.05) is 79.8 Å². The lowest BCUT2D eigenvalue weighted by Gasteiger charge is -2.17. The van der Waals surface area contributed by atoms with Crippen molar-refractivity contribution in [1.82, 2.24) is 4.31 Å². The van der Waals surface area contributed by atoms with Gasteiger partial charge in [0, 0.05) is 5.67 Å². The number of benzene rings is 2. The minimum atomic E-state index is -3.51. The molecule has 2 aromatic carbocycles. The second-order valence-corrected chi connectivity index (χ2v) is 15.7. The monoisotopic (exact) mass is 399 g/mol. The maximum absolute atomic E-state index is 13.5. The summed E-state index contributed by atoms with van der Waals surface area (Å²) in [6.07, 6.45) is 4.11. The highest BCUT2D eigenvalue weighted by molar-refractivity contribution is 7.89. The summed E-state index contributed by atoms with van der Waals surface area (Å²) in [5, 5.41) is 0. The fourth-order valence-electron chi connectivity index (χ4n) is 4.08. The highest BCUT2D eigenvalue weighted by Crippen LogP contribution is 2.43. The molecule has 1 fully saturated rings. The Bertz CT molecular complexity index is 952. The molecule has 3 nitrogen and oxygen atoms in total. The number of rotatable bonds is 5. The van der Waals surface area contributed by atoms with Crippen molar-refractivity contribution in [3.63, 3.8) is 0 Å². The summed E-state index contributed by atoms with van der Waals surface area (Å²) in [5.74, 6) is 0. The third kappa shape index (κ3) is 3.95. The number of hydrogen-bond donors (Lipinski definition) is 0. The standard InChI is InChI=1S/C22H29NO2SSi/c1-16-14-17(2)21(18(3)15-16)26(24,25)23-20(22(23)27(4,5)6)13-12-19-10-8-7-9-11-19/h7-15,20,22H,1-6H3/b13-12+/t20-,22+,23?/m1/s1. The molecule has 3 rings (SSSR count). The van der Waals surface area contributed by atoms with Crippen molar-refractivity contribution in [2.75, 3.05) is 0 Å². The van der Waals surface area contributed by atoms with Crippen molar-refractivity contribution in [3.05, 3.63) is 70.8 Å². The van der Waals surface area contributed by atoms with E-state index in [1.54, 1.807) is 4.31 Å². The SMILES string of the molecule is Cc1cc(C)c(S(=O)(=O)N2[C@H](/C=C/c3ccccc3)[C@@H]2[Si](C)(C)C)c(C)c1. The minimum Gasteiger partial charge on any atom is -0.207 e. The average Bonchev–Trinajstić information content (AvgIpc) is 3.28. The molecule has 1 heterocycles. The lowest BCUT2D eigenvalue weighted by atomic mass is 10.1. The first kappa shape index (κ1) is 20.1. The zero-order chi connectivity index (χ0) is 20.0. The number of aryl methyl sites for hydroxylation is 3. The molecule has 5 heteroatoms. The Morgan fingerprint density at radius 3 is 2.04 bits per heavy atom. The molecule has 0 amide bonds. The molecule has 0 spiro atoms. The van der Waals surface area contributed by atoms with Gasteiger partial charge in [-0.15, -0.1) is 0 Å². The Balaban J connectivity index is 1.99. The summed E-state index contributed by atoms with van der Waals surface area (Å²) in [6.45, 7) is 12.5. The Labute approximate surface area is 164 Å². The molecule has 1 unspecified atom stereocenters. The molecular formula is C22H29NO2SSi. The minimum absolute atomic E-state index is 0.0537. The van der Waals surface area contributed by atoms with Crippen molar-refractivity contribution >= 4 is 24.2 Å². The Morgan fingerprint density at radius 1 is 0.963 bits per heavy atom. The molecule has 0 radical (unpaired) electrons. The van der Waals surface area contributed by atoms with E-state index in [4.69, 9.17) is 0 Å². The van der Waals surface area contributed by atoms with E-state index in [9.17, 15) is 8.42 Å². The van der Waals surface area contributed by atoms with Gasteiger partial charge in [-0.05, 0) is 37.5 Å². The van der Waals surface area contributed by atoms with E-state index in [1.165, 1.54) is 0 Å². The van der Waals surface area contributed by atoms with Gasteiger partial charge in [0.05, 0.1) is 19.0 Å². The Kier molecular flexibility index (Phi) is 5.23. The van der Waals surface area contributed by atoms with Gasteiger partial charge in [0.15, 0.2) is 0 Å². The van der Waals surface area contributed by atoms with Crippen molar-refractivity contribution in [2.24, 2.45) is 0 Å². The van der Waals surface area contributed by atoms with Crippen LogP contribution in [0.25, 0.3) is 6.08 Å². The van der Waals surface area contributed by atoms with Crippen LogP contribution in [0.5, 0.6) is 0 Å². The predicted molar refractivity (Wildman–Crippen MR) is 116 cm³/mol. The molecule has 0 aromatic heterocycles. The molecule has 1 aliphatic rings. The quantitative estimate of drug-likeness (QED) is 0.527. The summed E-state index contributed by atoms with van der Waals surface area (Å²) in [4.78, 5) is 0.479. The molecule has 27 heavy (non-hydrogen) atoms. The highest BCUT2D eigenvalue weighted by Gasteiger charge is 2.59. The summed E-state index contributed by atoms with van der Waals surface area (Å²) in [6, 6.07) is 13.9. The summed E-state index contributed by atoms with van der Waals surface area (Å²) in [5.41, 5.74) is 3.96. The third-order valence-electron chi connectivity index (χ3n) is 5.11. The second kappa shape index (κ2) is 7.04. The average molecular weight is 400 g/mol. The first-order valence-electron chi connectivity index (χ1n) is 9.38. The highest BCUT2D eigenvalue weighted by atomic mass is 32.2. The van der Waals surface area contributed by atoms with E-state index in [2.05, 4.69) is 25.7 Å². The summed E-state index contributed by atoms with van der Waals surface area (Å²) < 4.78 is 28.8. The molecule has 1 saturated heterocycles. The molecule has 0 bridgehead atoms. The normalized spacial score (nSPS) is 23.0. The largest absolute Gasteiger partial charge is 0.244 e. The van der Waals surface area contributed by atoms with Gasteiger partial charge in [0.25, 0.3) is 0 Å². The Hall–Kier alpha value is -1.69. The summed E-state index contributed by atoms with van der Waals surface area (Å²) >= 11 is 0. The van der Waals surface area contributed by atoms with Crippen LogP contribution < -0.4 is 0 Å². The van der Waals surface area contributed by atoms with Crippen LogP contribution in [0.1, 0.15) is 22.3 Å². The molecule has 0 N–H and O–H groups in total. The maximum Gasteiger partial charge on any atom is 0.244 e. The first-order chi connectivity index (χ1) is 12.5. The Morgan fingerprint density at radius 2 is 1.52 bits per heavy atom. The molecule has 2 aromatic rings. The molecule has 1 aliphatic heterocycles. The van der Waals surface area contributed by atoms with Gasteiger partial charge in [-0.25, -0.2) is 8.42 Å². The second-order valence-electron chi connectivity index (χ2n) is 8.63. The molecule has 0 saturated carbocycles. The lowest BCUT2D eigenvalue weighted by molar-refractivity contribution is 0.554. The van der Waals surface area contributed by atoms with Gasteiger partial charge in [-0.3, -0.25) is 0 Å². The number of sulfonamides is 1. The van der Waals surface area contributed by atoms with Crippen LogP contribution in [0.4, 0.5) is 0 Å². The van der Waals surface area contributed by atoms with Gasteiger partial charge < -0.3 is 0 Å². The maximum atomic E-state index is 13.5. The van der Waals surface area contributed by atoms with E-state index >= 15 is 0 Å². The van der Waals surface area contributed by atoms with E-state index < -0.39 is 18.1 Å². The fraction of sp³-hybridized carbons (Fsp3) is 0.364. The number of nitrogens with zero attached hydrogens (tertiary/aromatic N) is 1. The molecule has 0 aliphatic carbocycles. The van der Waals surface area contributed by atoms with Crippen LogP contribution in [0.3, 0.4) is 0 Å². The van der Waals surface area contributed by atoms with Gasteiger partial charge in [0.2, 0.25) is 10.0 Å². The van der Waals surface area contributed by atoms with Crippen LogP contribution in [-0.4, -0.2) is 32.5 Å². The molecule has 3 atom stereocenters. The zero-order valence-corrected chi connectivity index (χ0v) is 18.8. The van der Waals surface area contributed by atoms with Crippen molar-refractivity contribution in [1.29, 1.82) is 0 Å². The van der Waals surface area contributed by atoms with E-state index in [1.807, 2.05) is 69.3 Å². The van der Waals surface area contributed by atoms with Gasteiger partial charge >= 0.3 is 0 Å². The predicted octanol–water partition coefficient (Wildman–Crippen LogP) is 4.94. The smallest absolute Gasteiger partial charge is 0.207 e. The number of hydrogen-bond acceptors (Lipinski definition) is 2. The summed E-state index contributed by atoms with van der Waals surface area (Å²) in [7, 11) is -5.19. The molecular weight excluding hydrogens is 370 g/mol. The molecule has 144 valence electrons. The van der Waals surface area contributed by atoms with Crippen LogP contribution in [0.2, 0.25) is 19.6 Å². The van der Waals surface area contributed by atoms with Crippen molar-refractivity contribution in [2.45, 2.75) is 57.0 Å². The van der Waals surface area contributed by atoms with Crippen molar-refractivity contribution < 1.29 is 8.42 Å². The first-order valence-corrected chi connectivity index (χ1v) is 14.4. The van der Waals surface area contributed by atoms with Crippen molar-refractivity contribution in [3.8, 4) is 0 Å². The van der Waals surface area contributed by atoms with Crippen LogP contribution >= 0.6 is 0 Å². The fourth-order valence-corrected chi connectivity index (χ4v) is 9.71. The van der Waals surface area contributed by atoms with Crippen LogP contribution in [-0.2, 0) is 10.0 Å². The van der Waals surface area contributed by atoms with Gasteiger partial charge in [0.1, 0.15) is 0 Å². The van der Waals surface area contributed by atoms with Gasteiger partial charge in [-0.2, -0.15) is 4.31 Å². The van der Waals surface area contributed by atoms with E-state index in [0.29, 0.717) is 4.90 Å². The van der Waals surface area contributed by atoms with E-state index in [0.717, 1.165) is 22.3 Å². The van der Waals surface area contributed by atoms with E-state index in [-0.39, 0.29) is 11.7 Å². The topological polar surface area (TPSA) is 37.1 Å². The zero-order valence-electron chi connectivity index (χ0n) is 17.0. The third-order valence-corrected chi connectivity index (χ3v) is 9.88.